The Hall–Kier alpha value is -3.22. The number of rotatable bonds is 8. The fraction of sp³-hybridized carbons (Fsp3) is 0.263. The number of para-hydroxylation sites is 1. The largest absolute Gasteiger partial charge is 0.493 e. The van der Waals surface area contributed by atoms with Gasteiger partial charge in [0.15, 0.2) is 11.5 Å². The molecule has 0 fully saturated rings. The van der Waals surface area contributed by atoms with Gasteiger partial charge in [0.05, 0.1) is 34.2 Å². The fourth-order valence-corrected chi connectivity index (χ4v) is 2.31. The number of nitrogens with one attached hydrogen (secondary N) is 1. The molecule has 0 atom stereocenters. The molecule has 1 amide bonds. The molecule has 26 heavy (non-hydrogen) atoms. The van der Waals surface area contributed by atoms with Crippen molar-refractivity contribution in [3.05, 3.63) is 47.5 Å². The first-order valence-electron chi connectivity index (χ1n) is 7.99. The summed E-state index contributed by atoms with van der Waals surface area (Å²) in [5.41, 5.74) is 3.57. The predicted octanol–water partition coefficient (Wildman–Crippen LogP) is 2.88. The Labute approximate surface area is 152 Å². The maximum Gasteiger partial charge on any atom is 0.271 e. The highest BCUT2D eigenvalue weighted by Gasteiger charge is 2.16. The molecule has 0 heterocycles. The summed E-state index contributed by atoms with van der Waals surface area (Å²) in [6, 6.07) is 10.5. The lowest BCUT2D eigenvalue weighted by atomic mass is 10.1. The Morgan fingerprint density at radius 2 is 1.69 bits per heavy atom. The second kappa shape index (κ2) is 9.31. The van der Waals surface area contributed by atoms with Crippen molar-refractivity contribution in [1.29, 1.82) is 0 Å². The molecule has 0 aliphatic carbocycles. The number of carbonyl (C=O) groups is 1. The molecule has 0 aliphatic rings. The smallest absolute Gasteiger partial charge is 0.271 e. The quantitative estimate of drug-likeness (QED) is 0.580. The van der Waals surface area contributed by atoms with Crippen LogP contribution >= 0.6 is 0 Å². The lowest BCUT2D eigenvalue weighted by Crippen LogP contribution is -2.18. The van der Waals surface area contributed by atoms with E-state index in [4.69, 9.17) is 18.9 Å². The first-order valence-corrected chi connectivity index (χ1v) is 7.99. The average Bonchev–Trinajstić information content (AvgIpc) is 2.68. The highest BCUT2D eigenvalue weighted by molar-refractivity contribution is 5.96. The lowest BCUT2D eigenvalue weighted by molar-refractivity contribution is 0.0954. The standard InChI is InChI=1S/C19H22N2O5/c1-5-26-15-9-7-6-8-13(15)12-20-21-19(22)14-10-16(23-2)18(25-4)17(11-14)24-3/h6-12H,5H2,1-4H3,(H,21,22). The molecule has 0 aromatic heterocycles. The minimum Gasteiger partial charge on any atom is -0.493 e. The zero-order valence-corrected chi connectivity index (χ0v) is 15.2. The number of hydrogen-bond donors (Lipinski definition) is 1. The number of ether oxygens (including phenoxy) is 4. The average molecular weight is 358 g/mol. The number of carbonyl (C=O) groups excluding carboxylic acids is 1. The van der Waals surface area contributed by atoms with Crippen LogP contribution < -0.4 is 24.4 Å². The van der Waals surface area contributed by atoms with Crippen LogP contribution in [0.4, 0.5) is 0 Å². The van der Waals surface area contributed by atoms with Gasteiger partial charge in [0, 0.05) is 11.1 Å². The summed E-state index contributed by atoms with van der Waals surface area (Å²) in [6.07, 6.45) is 1.53. The van der Waals surface area contributed by atoms with Crippen LogP contribution in [0, 0.1) is 0 Å². The van der Waals surface area contributed by atoms with Gasteiger partial charge in [-0.3, -0.25) is 4.79 Å². The van der Waals surface area contributed by atoms with Crippen molar-refractivity contribution in [1.82, 2.24) is 5.43 Å². The van der Waals surface area contributed by atoms with E-state index < -0.39 is 5.91 Å². The van der Waals surface area contributed by atoms with Crippen LogP contribution in [-0.2, 0) is 0 Å². The van der Waals surface area contributed by atoms with Gasteiger partial charge in [-0.05, 0) is 31.2 Å². The summed E-state index contributed by atoms with van der Waals surface area (Å²) in [5.74, 6) is 1.49. The zero-order valence-electron chi connectivity index (χ0n) is 15.2. The van der Waals surface area contributed by atoms with E-state index in [0.29, 0.717) is 35.2 Å². The summed E-state index contributed by atoms with van der Waals surface area (Å²) in [5, 5.41) is 4.00. The second-order valence-corrected chi connectivity index (χ2v) is 5.08. The topological polar surface area (TPSA) is 78.4 Å². The first kappa shape index (κ1) is 19.1. The van der Waals surface area contributed by atoms with Gasteiger partial charge in [-0.15, -0.1) is 0 Å². The number of hydrogen-bond acceptors (Lipinski definition) is 6. The van der Waals surface area contributed by atoms with Crippen LogP contribution in [0.1, 0.15) is 22.8 Å². The van der Waals surface area contributed by atoms with Crippen molar-refractivity contribution >= 4 is 12.1 Å². The predicted molar refractivity (Wildman–Crippen MR) is 98.8 cm³/mol. The summed E-state index contributed by atoms with van der Waals surface area (Å²) in [7, 11) is 4.48. The number of benzene rings is 2. The minimum atomic E-state index is -0.408. The van der Waals surface area contributed by atoms with Gasteiger partial charge in [0.1, 0.15) is 5.75 Å². The number of nitrogens with zero attached hydrogens (tertiary/aromatic N) is 1. The molecular formula is C19H22N2O5. The monoisotopic (exact) mass is 358 g/mol. The third-order valence-electron chi connectivity index (χ3n) is 3.52. The summed E-state index contributed by atoms with van der Waals surface area (Å²) >= 11 is 0. The summed E-state index contributed by atoms with van der Waals surface area (Å²) in [6.45, 7) is 2.45. The third kappa shape index (κ3) is 4.44. The van der Waals surface area contributed by atoms with Crippen LogP contribution in [-0.4, -0.2) is 40.1 Å². The van der Waals surface area contributed by atoms with Gasteiger partial charge in [-0.25, -0.2) is 5.43 Å². The highest BCUT2D eigenvalue weighted by atomic mass is 16.5. The van der Waals surface area contributed by atoms with Gasteiger partial charge < -0.3 is 18.9 Å². The molecule has 0 radical (unpaired) electrons. The second-order valence-electron chi connectivity index (χ2n) is 5.08. The van der Waals surface area contributed by atoms with Crippen molar-refractivity contribution in [2.45, 2.75) is 6.92 Å². The molecule has 0 aliphatic heterocycles. The van der Waals surface area contributed by atoms with Crippen molar-refractivity contribution in [3.8, 4) is 23.0 Å². The summed E-state index contributed by atoms with van der Waals surface area (Å²) < 4.78 is 21.2. The fourth-order valence-electron chi connectivity index (χ4n) is 2.31. The van der Waals surface area contributed by atoms with E-state index in [9.17, 15) is 4.79 Å². The van der Waals surface area contributed by atoms with Crippen molar-refractivity contribution < 1.29 is 23.7 Å². The molecule has 7 heteroatoms. The summed E-state index contributed by atoms with van der Waals surface area (Å²) in [4.78, 5) is 12.4. The lowest BCUT2D eigenvalue weighted by Gasteiger charge is -2.13. The van der Waals surface area contributed by atoms with E-state index in [1.165, 1.54) is 27.5 Å². The molecule has 0 saturated carbocycles. The van der Waals surface area contributed by atoms with Crippen LogP contribution in [0.15, 0.2) is 41.5 Å². The minimum absolute atomic E-state index is 0.328. The van der Waals surface area contributed by atoms with Gasteiger partial charge in [-0.1, -0.05) is 12.1 Å². The molecular weight excluding hydrogens is 336 g/mol. The number of amides is 1. The van der Waals surface area contributed by atoms with Crippen molar-refractivity contribution in [2.75, 3.05) is 27.9 Å². The zero-order chi connectivity index (χ0) is 18.9. The van der Waals surface area contributed by atoms with E-state index >= 15 is 0 Å². The molecule has 2 rings (SSSR count). The number of methoxy groups -OCH3 is 3. The van der Waals surface area contributed by atoms with E-state index in [2.05, 4.69) is 10.5 Å². The van der Waals surface area contributed by atoms with Crippen LogP contribution in [0.25, 0.3) is 0 Å². The van der Waals surface area contributed by atoms with Gasteiger partial charge in [0.2, 0.25) is 5.75 Å². The Morgan fingerprint density at radius 3 is 2.27 bits per heavy atom. The van der Waals surface area contributed by atoms with Gasteiger partial charge in [-0.2, -0.15) is 5.10 Å². The Kier molecular flexibility index (Phi) is 6.84. The Bertz CT molecular complexity index is 764. The number of hydrazone groups is 1. The van der Waals surface area contributed by atoms with Gasteiger partial charge in [0.25, 0.3) is 5.91 Å². The van der Waals surface area contributed by atoms with Crippen LogP contribution in [0.2, 0.25) is 0 Å². The maximum atomic E-state index is 12.4. The van der Waals surface area contributed by atoms with E-state index in [-0.39, 0.29) is 0 Å². The van der Waals surface area contributed by atoms with E-state index in [1.807, 2.05) is 31.2 Å². The molecule has 7 nitrogen and oxygen atoms in total. The van der Waals surface area contributed by atoms with Gasteiger partial charge >= 0.3 is 0 Å². The molecule has 2 aromatic rings. The highest BCUT2D eigenvalue weighted by Crippen LogP contribution is 2.38. The Morgan fingerprint density at radius 1 is 1.04 bits per heavy atom. The van der Waals surface area contributed by atoms with E-state index in [0.717, 1.165) is 5.56 Å². The molecule has 0 spiro atoms. The molecule has 0 unspecified atom stereocenters. The first-order chi connectivity index (χ1) is 12.6. The molecule has 2 aromatic carbocycles. The normalized spacial score (nSPS) is 10.5. The SMILES string of the molecule is CCOc1ccccc1C=NNC(=O)c1cc(OC)c(OC)c(OC)c1. The van der Waals surface area contributed by atoms with Crippen LogP contribution in [0.3, 0.4) is 0 Å². The van der Waals surface area contributed by atoms with Crippen molar-refractivity contribution in [3.63, 3.8) is 0 Å². The van der Waals surface area contributed by atoms with Crippen molar-refractivity contribution in [2.24, 2.45) is 5.10 Å². The molecule has 1 N–H and O–H groups in total. The molecule has 138 valence electrons. The maximum absolute atomic E-state index is 12.4. The molecule has 0 bridgehead atoms. The molecule has 0 saturated heterocycles. The van der Waals surface area contributed by atoms with Crippen LogP contribution in [0.5, 0.6) is 23.0 Å². The van der Waals surface area contributed by atoms with E-state index in [1.54, 1.807) is 12.1 Å². The third-order valence-corrected chi connectivity index (χ3v) is 3.52. The Balaban J connectivity index is 2.18.